The maximum absolute atomic E-state index is 11.6. The minimum atomic E-state index is -3.55. The number of nitrogens with one attached hydrogen (secondary N) is 1. The van der Waals surface area contributed by atoms with Crippen LogP contribution in [0.2, 0.25) is 0 Å². The molecule has 1 aliphatic rings. The zero-order valence-corrected chi connectivity index (χ0v) is 8.54. The fraction of sp³-hybridized carbons (Fsp3) is 0.222. The van der Waals surface area contributed by atoms with Gasteiger partial charge in [0.2, 0.25) is 5.91 Å². The number of amides is 1. The summed E-state index contributed by atoms with van der Waals surface area (Å²) in [5.74, 6) is -1.06. The van der Waals surface area contributed by atoms with Crippen LogP contribution < -0.4 is 5.32 Å². The molecule has 1 aromatic rings. The minimum absolute atomic E-state index is 0.0775. The van der Waals surface area contributed by atoms with Gasteiger partial charge in [-0.25, -0.2) is 8.42 Å². The standard InChI is InChI=1S/C9H9NO4S/c11-4-6-1-2-7-8(3-6)15(13,14)5-9(12)10-7/h1-3,11H,4-5H2,(H,10,12). The first kappa shape index (κ1) is 10.1. The van der Waals surface area contributed by atoms with Crippen molar-refractivity contribution < 1.29 is 18.3 Å². The third-order valence-electron chi connectivity index (χ3n) is 2.16. The van der Waals surface area contributed by atoms with Crippen molar-refractivity contribution in [2.75, 3.05) is 11.1 Å². The smallest absolute Gasteiger partial charge is 0.239 e. The summed E-state index contributed by atoms with van der Waals surface area (Å²) >= 11 is 0. The van der Waals surface area contributed by atoms with E-state index in [1.807, 2.05) is 0 Å². The zero-order chi connectivity index (χ0) is 11.1. The summed E-state index contributed by atoms with van der Waals surface area (Å²) in [5, 5.41) is 11.3. The Hall–Kier alpha value is -1.40. The molecule has 0 fully saturated rings. The van der Waals surface area contributed by atoms with Crippen molar-refractivity contribution in [1.82, 2.24) is 0 Å². The van der Waals surface area contributed by atoms with Crippen LogP contribution in [0.1, 0.15) is 5.56 Å². The van der Waals surface area contributed by atoms with Crippen molar-refractivity contribution in [1.29, 1.82) is 0 Å². The van der Waals surface area contributed by atoms with E-state index in [2.05, 4.69) is 5.32 Å². The summed E-state index contributed by atoms with van der Waals surface area (Å²) in [5.41, 5.74) is 0.789. The molecule has 2 N–H and O–H groups in total. The van der Waals surface area contributed by atoms with Gasteiger partial charge in [-0.05, 0) is 17.7 Å². The highest BCUT2D eigenvalue weighted by atomic mass is 32.2. The topological polar surface area (TPSA) is 83.5 Å². The molecule has 0 aromatic heterocycles. The van der Waals surface area contributed by atoms with Crippen molar-refractivity contribution in [3.05, 3.63) is 23.8 Å². The second kappa shape index (κ2) is 3.32. The van der Waals surface area contributed by atoms with E-state index in [1.165, 1.54) is 12.1 Å². The zero-order valence-electron chi connectivity index (χ0n) is 7.73. The number of aliphatic hydroxyl groups is 1. The second-order valence-electron chi connectivity index (χ2n) is 3.30. The van der Waals surface area contributed by atoms with Crippen LogP contribution in [-0.2, 0) is 21.2 Å². The average Bonchev–Trinajstić information content (AvgIpc) is 2.16. The van der Waals surface area contributed by atoms with Gasteiger partial charge in [0.05, 0.1) is 17.2 Å². The highest BCUT2D eigenvalue weighted by Gasteiger charge is 2.28. The highest BCUT2D eigenvalue weighted by Crippen LogP contribution is 2.27. The van der Waals surface area contributed by atoms with Gasteiger partial charge in [0.15, 0.2) is 9.84 Å². The van der Waals surface area contributed by atoms with E-state index < -0.39 is 21.5 Å². The summed E-state index contributed by atoms with van der Waals surface area (Å²) in [6.45, 7) is -0.225. The van der Waals surface area contributed by atoms with Gasteiger partial charge in [0.25, 0.3) is 0 Å². The molecule has 1 aromatic carbocycles. The molecule has 1 aliphatic heterocycles. The monoisotopic (exact) mass is 227 g/mol. The van der Waals surface area contributed by atoms with E-state index in [0.29, 0.717) is 5.56 Å². The van der Waals surface area contributed by atoms with Crippen molar-refractivity contribution in [3.63, 3.8) is 0 Å². The van der Waals surface area contributed by atoms with Crippen molar-refractivity contribution >= 4 is 21.4 Å². The molecule has 1 amide bonds. The van der Waals surface area contributed by atoms with Crippen LogP contribution in [0.3, 0.4) is 0 Å². The highest BCUT2D eigenvalue weighted by molar-refractivity contribution is 7.92. The lowest BCUT2D eigenvalue weighted by Gasteiger charge is -2.17. The van der Waals surface area contributed by atoms with Crippen LogP contribution in [-0.4, -0.2) is 25.2 Å². The average molecular weight is 227 g/mol. The minimum Gasteiger partial charge on any atom is -0.392 e. The van der Waals surface area contributed by atoms with Crippen LogP contribution >= 0.6 is 0 Å². The maximum Gasteiger partial charge on any atom is 0.239 e. The first-order chi connectivity index (χ1) is 7.03. The molecule has 0 radical (unpaired) electrons. The van der Waals surface area contributed by atoms with E-state index in [9.17, 15) is 13.2 Å². The van der Waals surface area contributed by atoms with Crippen LogP contribution in [0.15, 0.2) is 23.1 Å². The molecule has 0 spiro atoms. The maximum atomic E-state index is 11.6. The molecule has 80 valence electrons. The Morgan fingerprint density at radius 2 is 2.13 bits per heavy atom. The fourth-order valence-corrected chi connectivity index (χ4v) is 2.82. The number of carbonyl (C=O) groups is 1. The van der Waals surface area contributed by atoms with E-state index in [4.69, 9.17) is 5.11 Å². The van der Waals surface area contributed by atoms with Crippen molar-refractivity contribution in [3.8, 4) is 0 Å². The molecular formula is C9H9NO4S. The molecule has 0 bridgehead atoms. The summed E-state index contributed by atoms with van der Waals surface area (Å²) in [4.78, 5) is 11.1. The third-order valence-corrected chi connectivity index (χ3v) is 3.81. The molecular weight excluding hydrogens is 218 g/mol. The normalized spacial score (nSPS) is 18.1. The molecule has 0 saturated carbocycles. The number of carbonyl (C=O) groups excluding carboxylic acids is 1. The molecule has 1 heterocycles. The predicted molar refractivity (Wildman–Crippen MR) is 53.0 cm³/mol. The molecule has 15 heavy (non-hydrogen) atoms. The van der Waals surface area contributed by atoms with E-state index in [1.54, 1.807) is 6.07 Å². The molecule has 0 saturated heterocycles. The Morgan fingerprint density at radius 3 is 2.80 bits per heavy atom. The van der Waals surface area contributed by atoms with Gasteiger partial charge in [0, 0.05) is 0 Å². The SMILES string of the molecule is O=C1CS(=O)(=O)c2cc(CO)ccc2N1. The van der Waals surface area contributed by atoms with Crippen LogP contribution in [0.25, 0.3) is 0 Å². The van der Waals surface area contributed by atoms with Gasteiger partial charge in [-0.2, -0.15) is 0 Å². The number of anilines is 1. The Kier molecular flexibility index (Phi) is 2.24. The molecule has 6 heteroatoms. The summed E-state index contributed by atoms with van der Waals surface area (Å²) in [6, 6.07) is 4.43. The van der Waals surface area contributed by atoms with Crippen molar-refractivity contribution in [2.24, 2.45) is 0 Å². The third kappa shape index (κ3) is 1.73. The van der Waals surface area contributed by atoms with Gasteiger partial charge >= 0.3 is 0 Å². The Morgan fingerprint density at radius 1 is 1.40 bits per heavy atom. The van der Waals surface area contributed by atoms with Crippen LogP contribution in [0, 0.1) is 0 Å². The van der Waals surface area contributed by atoms with E-state index in [-0.39, 0.29) is 17.2 Å². The van der Waals surface area contributed by atoms with Crippen molar-refractivity contribution in [2.45, 2.75) is 11.5 Å². The molecule has 2 rings (SSSR count). The van der Waals surface area contributed by atoms with Crippen LogP contribution in [0.5, 0.6) is 0 Å². The number of sulfone groups is 1. The Bertz CT molecular complexity index is 521. The summed E-state index contributed by atoms with van der Waals surface area (Å²) in [6.07, 6.45) is 0. The summed E-state index contributed by atoms with van der Waals surface area (Å²) < 4.78 is 23.2. The molecule has 0 unspecified atom stereocenters. The number of aliphatic hydroxyl groups excluding tert-OH is 1. The van der Waals surface area contributed by atoms with E-state index >= 15 is 0 Å². The van der Waals surface area contributed by atoms with Gasteiger partial charge in [-0.3, -0.25) is 4.79 Å². The second-order valence-corrected chi connectivity index (χ2v) is 5.25. The first-order valence-electron chi connectivity index (χ1n) is 4.29. The Balaban J connectivity index is 2.64. The van der Waals surface area contributed by atoms with Gasteiger partial charge in [-0.1, -0.05) is 6.07 Å². The van der Waals surface area contributed by atoms with Gasteiger partial charge < -0.3 is 10.4 Å². The first-order valence-corrected chi connectivity index (χ1v) is 5.94. The summed E-state index contributed by atoms with van der Waals surface area (Å²) in [7, 11) is -3.55. The number of fused-ring (bicyclic) bond motifs is 1. The Labute approximate surface area is 86.7 Å². The lowest BCUT2D eigenvalue weighted by atomic mass is 10.2. The molecule has 0 atom stereocenters. The van der Waals surface area contributed by atoms with Crippen LogP contribution in [0.4, 0.5) is 5.69 Å². The van der Waals surface area contributed by atoms with Gasteiger partial charge in [-0.15, -0.1) is 0 Å². The van der Waals surface area contributed by atoms with Gasteiger partial charge in [0.1, 0.15) is 5.75 Å². The quantitative estimate of drug-likeness (QED) is 0.702. The predicted octanol–water partition coefficient (Wildman–Crippen LogP) is -0.0953. The fourth-order valence-electron chi connectivity index (χ4n) is 1.46. The lowest BCUT2D eigenvalue weighted by Crippen LogP contribution is -2.29. The lowest BCUT2D eigenvalue weighted by molar-refractivity contribution is -0.114. The number of rotatable bonds is 1. The molecule has 5 nitrogen and oxygen atoms in total. The van der Waals surface area contributed by atoms with E-state index in [0.717, 1.165) is 0 Å². The number of benzene rings is 1. The number of hydrogen-bond acceptors (Lipinski definition) is 4. The molecule has 0 aliphatic carbocycles. The number of hydrogen-bond donors (Lipinski definition) is 2. The largest absolute Gasteiger partial charge is 0.392 e.